The zero-order valence-corrected chi connectivity index (χ0v) is 8.91. The molecule has 0 aliphatic rings. The number of carboxylic acid groups (broad SMARTS) is 1. The molecule has 0 heterocycles. The monoisotopic (exact) mass is 241 g/mol. The van der Waals surface area contributed by atoms with Gasteiger partial charge in [0.15, 0.2) is 0 Å². The minimum atomic E-state index is -4.55. The molecule has 0 amide bonds. The molecular weight excluding hydrogens is 230 g/mol. The Kier molecular flexibility index (Phi) is 5.13. The molecule has 1 unspecified atom stereocenters. The van der Waals surface area contributed by atoms with Gasteiger partial charge in [-0.2, -0.15) is 25.4 Å². The minimum Gasteiger partial charge on any atom is -0.480 e. The van der Waals surface area contributed by atoms with Gasteiger partial charge in [-0.25, -0.2) is 0 Å². The largest absolute Gasteiger partial charge is 0.480 e. The van der Waals surface area contributed by atoms with Gasteiger partial charge in [0.1, 0.15) is 6.04 Å². The summed E-state index contributed by atoms with van der Waals surface area (Å²) in [7, 11) is -4.55. The highest BCUT2D eigenvalue weighted by Crippen LogP contribution is 2.07. The number of carbonyl (C=O) groups is 1. The molecule has 82 valence electrons. The molecule has 0 aromatic heterocycles. The first-order valence-corrected chi connectivity index (χ1v) is 5.56. The molecule has 14 heavy (non-hydrogen) atoms. The second-order valence-electron chi connectivity index (χ2n) is 2.37. The Morgan fingerprint density at radius 3 is 2.36 bits per heavy atom. The normalized spacial score (nSPS) is 13.9. The van der Waals surface area contributed by atoms with Crippen molar-refractivity contribution in [1.29, 1.82) is 0 Å². The zero-order chi connectivity index (χ0) is 11.4. The maximum Gasteiger partial charge on any atom is 0.337 e. The number of carboxylic acids is 1. The predicted molar refractivity (Wildman–Crippen MR) is 53.7 cm³/mol. The molecular formula is C6H11NO5S2. The summed E-state index contributed by atoms with van der Waals surface area (Å²) in [5.41, 5.74) is 0. The van der Waals surface area contributed by atoms with Gasteiger partial charge in [0.05, 0.1) is 0 Å². The Hall–Kier alpha value is -0.570. The number of nitrogens with zero attached hydrogens (tertiary/aromatic N) is 1. The van der Waals surface area contributed by atoms with Crippen LogP contribution in [0.4, 0.5) is 0 Å². The van der Waals surface area contributed by atoms with Crippen molar-refractivity contribution in [3.8, 4) is 0 Å². The summed E-state index contributed by atoms with van der Waals surface area (Å²) in [6.07, 6.45) is 1.17. The first-order chi connectivity index (χ1) is 6.34. The lowest BCUT2D eigenvalue weighted by Crippen LogP contribution is -2.46. The van der Waals surface area contributed by atoms with E-state index in [0.717, 1.165) is 0 Å². The molecule has 0 rings (SSSR count). The second kappa shape index (κ2) is 5.35. The summed E-state index contributed by atoms with van der Waals surface area (Å²) in [4.78, 5) is 10.6. The summed E-state index contributed by atoms with van der Waals surface area (Å²) in [6.45, 7) is 2.97. The highest BCUT2D eigenvalue weighted by Gasteiger charge is 2.31. The predicted octanol–water partition coefficient (Wildman–Crippen LogP) is -0.340. The van der Waals surface area contributed by atoms with E-state index >= 15 is 0 Å². The molecule has 0 radical (unpaired) electrons. The van der Waals surface area contributed by atoms with Crippen LogP contribution < -0.4 is 0 Å². The third-order valence-electron chi connectivity index (χ3n) is 1.41. The second-order valence-corrected chi connectivity index (χ2v) is 4.10. The van der Waals surface area contributed by atoms with Gasteiger partial charge in [-0.05, 0) is 0 Å². The van der Waals surface area contributed by atoms with E-state index in [1.165, 1.54) is 6.08 Å². The Balaban J connectivity index is 4.98. The van der Waals surface area contributed by atoms with E-state index in [4.69, 9.17) is 9.66 Å². The first-order valence-electron chi connectivity index (χ1n) is 3.53. The van der Waals surface area contributed by atoms with E-state index in [1.54, 1.807) is 0 Å². The van der Waals surface area contributed by atoms with E-state index in [0.29, 0.717) is 4.31 Å². The number of thiol groups is 1. The molecule has 0 saturated heterocycles. The maximum atomic E-state index is 10.8. The van der Waals surface area contributed by atoms with Crippen LogP contribution in [0.2, 0.25) is 0 Å². The smallest absolute Gasteiger partial charge is 0.337 e. The third-order valence-corrected chi connectivity index (χ3v) is 2.75. The summed E-state index contributed by atoms with van der Waals surface area (Å²) < 4.78 is 30.6. The Morgan fingerprint density at radius 2 is 2.14 bits per heavy atom. The third kappa shape index (κ3) is 3.66. The molecule has 0 aliphatic carbocycles. The van der Waals surface area contributed by atoms with Crippen LogP contribution in [0.5, 0.6) is 0 Å². The molecule has 2 N–H and O–H groups in total. The van der Waals surface area contributed by atoms with E-state index < -0.39 is 22.3 Å². The average Bonchev–Trinajstić information content (AvgIpc) is 2.02. The fourth-order valence-electron chi connectivity index (χ4n) is 0.802. The fourth-order valence-corrected chi connectivity index (χ4v) is 2.05. The average molecular weight is 241 g/mol. The Labute approximate surface area is 87.5 Å². The van der Waals surface area contributed by atoms with Crippen molar-refractivity contribution >= 4 is 28.9 Å². The minimum absolute atomic E-state index is 0.233. The summed E-state index contributed by atoms with van der Waals surface area (Å²) in [6, 6.07) is -1.40. The van der Waals surface area contributed by atoms with Crippen molar-refractivity contribution < 1.29 is 22.9 Å². The van der Waals surface area contributed by atoms with E-state index in [1.807, 2.05) is 0 Å². The quantitative estimate of drug-likeness (QED) is 0.336. The van der Waals surface area contributed by atoms with Crippen molar-refractivity contribution in [3.63, 3.8) is 0 Å². The molecule has 0 fully saturated rings. The van der Waals surface area contributed by atoms with Gasteiger partial charge in [-0.3, -0.25) is 9.35 Å². The van der Waals surface area contributed by atoms with Crippen molar-refractivity contribution in [2.75, 3.05) is 12.3 Å². The van der Waals surface area contributed by atoms with E-state index in [2.05, 4.69) is 19.2 Å². The van der Waals surface area contributed by atoms with E-state index in [9.17, 15) is 13.2 Å². The van der Waals surface area contributed by atoms with Crippen LogP contribution in [0.25, 0.3) is 0 Å². The van der Waals surface area contributed by atoms with Gasteiger partial charge < -0.3 is 5.11 Å². The molecule has 0 aliphatic heterocycles. The van der Waals surface area contributed by atoms with Gasteiger partial charge in [0.2, 0.25) is 0 Å². The zero-order valence-electron chi connectivity index (χ0n) is 7.20. The SMILES string of the molecule is C=CCN(C(CS)C(=O)O)S(=O)(=O)O. The molecule has 8 heteroatoms. The lowest BCUT2D eigenvalue weighted by Gasteiger charge is -2.22. The van der Waals surface area contributed by atoms with Crippen LogP contribution >= 0.6 is 12.6 Å². The topological polar surface area (TPSA) is 94.9 Å². The fraction of sp³-hybridized carbons (Fsp3) is 0.500. The van der Waals surface area contributed by atoms with Crippen molar-refractivity contribution in [1.82, 2.24) is 4.31 Å². The molecule has 0 bridgehead atoms. The standard InChI is InChI=1S/C6H11NO5S2/c1-2-3-7(14(10,11)12)5(4-13)6(8)9/h2,5,13H,1,3-4H2,(H,8,9)(H,10,11,12). The van der Waals surface area contributed by atoms with Gasteiger partial charge in [0, 0.05) is 12.3 Å². The number of rotatable bonds is 6. The summed E-state index contributed by atoms with van der Waals surface area (Å²) in [5.74, 6) is -1.61. The van der Waals surface area contributed by atoms with Gasteiger partial charge in [0.25, 0.3) is 0 Å². The van der Waals surface area contributed by atoms with Crippen LogP contribution in [0.15, 0.2) is 12.7 Å². The van der Waals surface area contributed by atoms with Crippen LogP contribution in [0.3, 0.4) is 0 Å². The number of hydrogen-bond acceptors (Lipinski definition) is 4. The molecule has 0 aromatic carbocycles. The highest BCUT2D eigenvalue weighted by atomic mass is 32.2. The van der Waals surface area contributed by atoms with Gasteiger partial charge >= 0.3 is 16.3 Å². The summed E-state index contributed by atoms with van der Waals surface area (Å²) in [5, 5.41) is 8.63. The molecule has 0 aromatic rings. The Bertz CT molecular complexity index is 312. The van der Waals surface area contributed by atoms with Crippen molar-refractivity contribution in [2.24, 2.45) is 0 Å². The molecule has 0 spiro atoms. The molecule has 0 saturated carbocycles. The first kappa shape index (κ1) is 13.4. The Morgan fingerprint density at radius 1 is 1.64 bits per heavy atom. The van der Waals surface area contributed by atoms with Gasteiger partial charge in [-0.15, -0.1) is 6.58 Å². The number of hydrogen-bond donors (Lipinski definition) is 3. The summed E-state index contributed by atoms with van der Waals surface area (Å²) >= 11 is 3.69. The molecule has 6 nitrogen and oxygen atoms in total. The van der Waals surface area contributed by atoms with Crippen LogP contribution in [0, 0.1) is 0 Å². The van der Waals surface area contributed by atoms with Crippen molar-refractivity contribution in [3.05, 3.63) is 12.7 Å². The number of aliphatic carboxylic acids is 1. The van der Waals surface area contributed by atoms with Crippen LogP contribution in [-0.4, -0.2) is 46.7 Å². The molecule has 1 atom stereocenters. The van der Waals surface area contributed by atoms with Crippen LogP contribution in [-0.2, 0) is 15.1 Å². The highest BCUT2D eigenvalue weighted by molar-refractivity contribution is 7.83. The van der Waals surface area contributed by atoms with Crippen LogP contribution in [0.1, 0.15) is 0 Å². The van der Waals surface area contributed by atoms with Gasteiger partial charge in [-0.1, -0.05) is 6.08 Å². The van der Waals surface area contributed by atoms with E-state index in [-0.39, 0.29) is 12.3 Å². The lowest BCUT2D eigenvalue weighted by atomic mass is 10.3. The maximum absolute atomic E-state index is 10.8. The van der Waals surface area contributed by atoms with Crippen molar-refractivity contribution in [2.45, 2.75) is 6.04 Å². The lowest BCUT2D eigenvalue weighted by molar-refractivity contribution is -0.140.